The molecule has 0 aliphatic carbocycles. The lowest BCUT2D eigenvalue weighted by Gasteiger charge is -2.17. The number of ether oxygens (including phenoxy) is 4. The molecule has 0 radical (unpaired) electrons. The van der Waals surface area contributed by atoms with E-state index in [1.54, 1.807) is 6.07 Å². The molecule has 6 heteroatoms. The maximum atomic E-state index is 11.6. The number of aromatic nitrogens is 1. The van der Waals surface area contributed by atoms with Crippen molar-refractivity contribution in [3.63, 3.8) is 0 Å². The molecule has 2 aromatic rings. The van der Waals surface area contributed by atoms with Gasteiger partial charge >= 0.3 is 5.97 Å². The van der Waals surface area contributed by atoms with Crippen LogP contribution < -0.4 is 4.74 Å². The number of benzene rings is 1. The van der Waals surface area contributed by atoms with Crippen LogP contribution in [0.15, 0.2) is 24.3 Å². The zero-order chi connectivity index (χ0) is 15.9. The van der Waals surface area contributed by atoms with Gasteiger partial charge in [-0.15, -0.1) is 0 Å². The lowest BCUT2D eigenvalue weighted by Crippen LogP contribution is -2.25. The second-order valence-corrected chi connectivity index (χ2v) is 4.54. The Hall–Kier alpha value is -2.05. The molecule has 22 heavy (non-hydrogen) atoms. The predicted molar refractivity (Wildman–Crippen MR) is 82.2 cm³/mol. The molecule has 2 rings (SSSR count). The van der Waals surface area contributed by atoms with Crippen molar-refractivity contribution in [3.8, 4) is 5.75 Å². The molecule has 1 N–H and O–H groups in total. The summed E-state index contributed by atoms with van der Waals surface area (Å²) in [5.41, 5.74) is 1.20. The number of hydrogen-bond acceptors (Lipinski definition) is 5. The maximum Gasteiger partial charge on any atom is 0.354 e. The summed E-state index contributed by atoms with van der Waals surface area (Å²) in [5.74, 6) is 0.247. The Kier molecular flexibility index (Phi) is 5.80. The Morgan fingerprint density at radius 1 is 1.23 bits per heavy atom. The molecule has 0 saturated heterocycles. The smallest absolute Gasteiger partial charge is 0.354 e. The SMILES string of the molecule is CCOC(COc1cccc2[nH]c(C(=O)OC)cc12)OCC. The summed E-state index contributed by atoms with van der Waals surface area (Å²) < 4.78 is 21.4. The van der Waals surface area contributed by atoms with Crippen LogP contribution in [0, 0.1) is 0 Å². The van der Waals surface area contributed by atoms with E-state index in [0.717, 1.165) is 10.9 Å². The predicted octanol–water partition coefficient (Wildman–Crippen LogP) is 2.73. The van der Waals surface area contributed by atoms with E-state index in [-0.39, 0.29) is 6.61 Å². The van der Waals surface area contributed by atoms with Crippen LogP contribution in [0.2, 0.25) is 0 Å². The lowest BCUT2D eigenvalue weighted by molar-refractivity contribution is -0.152. The third kappa shape index (κ3) is 3.78. The van der Waals surface area contributed by atoms with Gasteiger partial charge in [0.2, 0.25) is 0 Å². The Labute approximate surface area is 129 Å². The molecule has 1 heterocycles. The minimum atomic E-state index is -0.413. The van der Waals surface area contributed by atoms with Crippen LogP contribution >= 0.6 is 0 Å². The van der Waals surface area contributed by atoms with Crippen molar-refractivity contribution in [3.05, 3.63) is 30.0 Å². The molecule has 1 aromatic heterocycles. The average Bonchev–Trinajstić information content (AvgIpc) is 2.97. The number of methoxy groups -OCH3 is 1. The van der Waals surface area contributed by atoms with Crippen molar-refractivity contribution < 1.29 is 23.7 Å². The summed E-state index contributed by atoms with van der Waals surface area (Å²) >= 11 is 0. The van der Waals surface area contributed by atoms with Gasteiger partial charge in [0.15, 0.2) is 6.29 Å². The number of fused-ring (bicyclic) bond motifs is 1. The minimum absolute atomic E-state index is 0.277. The number of nitrogens with one attached hydrogen (secondary N) is 1. The third-order valence-electron chi connectivity index (χ3n) is 3.11. The highest BCUT2D eigenvalue weighted by Crippen LogP contribution is 2.27. The molecule has 0 unspecified atom stereocenters. The molecule has 0 amide bonds. The van der Waals surface area contributed by atoms with Crippen LogP contribution in [-0.4, -0.2) is 44.2 Å². The first-order chi connectivity index (χ1) is 10.7. The van der Waals surface area contributed by atoms with Crippen LogP contribution in [0.25, 0.3) is 10.9 Å². The van der Waals surface area contributed by atoms with Gasteiger partial charge in [0.1, 0.15) is 18.1 Å². The largest absolute Gasteiger partial charge is 0.488 e. The monoisotopic (exact) mass is 307 g/mol. The molecule has 0 atom stereocenters. The summed E-state index contributed by atoms with van der Waals surface area (Å²) in [5, 5.41) is 0.814. The van der Waals surface area contributed by atoms with Gasteiger partial charge < -0.3 is 23.9 Å². The summed E-state index contributed by atoms with van der Waals surface area (Å²) in [6.07, 6.45) is -0.413. The quantitative estimate of drug-likeness (QED) is 0.600. The Bertz CT molecular complexity index is 616. The second kappa shape index (κ2) is 7.82. The van der Waals surface area contributed by atoms with Crippen molar-refractivity contribution >= 4 is 16.9 Å². The highest BCUT2D eigenvalue weighted by Gasteiger charge is 2.14. The van der Waals surface area contributed by atoms with Crippen LogP contribution in [0.1, 0.15) is 24.3 Å². The molecule has 0 aliphatic rings. The standard InChI is InChI=1S/C16H21NO5/c1-4-20-15(21-5-2)10-22-14-8-6-7-12-11(14)9-13(17-12)16(18)19-3/h6-9,15,17H,4-5,10H2,1-3H3. The molecular formula is C16H21NO5. The molecule has 6 nitrogen and oxygen atoms in total. The summed E-state index contributed by atoms with van der Waals surface area (Å²) in [4.78, 5) is 14.6. The number of rotatable bonds is 8. The molecule has 120 valence electrons. The van der Waals surface area contributed by atoms with Crippen molar-refractivity contribution in [1.29, 1.82) is 0 Å². The minimum Gasteiger partial charge on any atom is -0.488 e. The highest BCUT2D eigenvalue weighted by atomic mass is 16.7. The van der Waals surface area contributed by atoms with Gasteiger partial charge in [-0.05, 0) is 32.0 Å². The number of H-pyrrole nitrogens is 1. The molecular weight excluding hydrogens is 286 g/mol. The van der Waals surface area contributed by atoms with E-state index in [1.807, 2.05) is 32.0 Å². The second-order valence-electron chi connectivity index (χ2n) is 4.54. The molecule has 0 aliphatic heterocycles. The van der Waals surface area contributed by atoms with Gasteiger partial charge in [-0.25, -0.2) is 4.79 Å². The van der Waals surface area contributed by atoms with E-state index in [0.29, 0.717) is 24.7 Å². The van der Waals surface area contributed by atoms with Crippen molar-refractivity contribution in [2.45, 2.75) is 20.1 Å². The fourth-order valence-electron chi connectivity index (χ4n) is 2.15. The normalized spacial score (nSPS) is 11.1. The molecule has 0 spiro atoms. The average molecular weight is 307 g/mol. The summed E-state index contributed by atoms with van der Waals surface area (Å²) in [6.45, 7) is 5.19. The van der Waals surface area contributed by atoms with Gasteiger partial charge in [-0.3, -0.25) is 0 Å². The van der Waals surface area contributed by atoms with Crippen LogP contribution in [-0.2, 0) is 14.2 Å². The number of hydrogen-bond donors (Lipinski definition) is 1. The molecule has 0 saturated carbocycles. The maximum absolute atomic E-state index is 11.6. The number of esters is 1. The van der Waals surface area contributed by atoms with Crippen LogP contribution in [0.4, 0.5) is 0 Å². The first-order valence-corrected chi connectivity index (χ1v) is 7.25. The van der Waals surface area contributed by atoms with E-state index < -0.39 is 12.3 Å². The van der Waals surface area contributed by atoms with Crippen molar-refractivity contribution in [1.82, 2.24) is 4.98 Å². The van der Waals surface area contributed by atoms with Crippen molar-refractivity contribution in [2.75, 3.05) is 26.9 Å². The molecule has 0 fully saturated rings. The van der Waals surface area contributed by atoms with Gasteiger partial charge in [-0.1, -0.05) is 6.07 Å². The topological polar surface area (TPSA) is 69.8 Å². The lowest BCUT2D eigenvalue weighted by atomic mass is 10.2. The van der Waals surface area contributed by atoms with Gasteiger partial charge in [0, 0.05) is 24.1 Å². The zero-order valence-electron chi connectivity index (χ0n) is 13.0. The van der Waals surface area contributed by atoms with E-state index in [4.69, 9.17) is 18.9 Å². The Balaban J connectivity index is 2.16. The highest BCUT2D eigenvalue weighted by molar-refractivity contribution is 5.97. The zero-order valence-corrected chi connectivity index (χ0v) is 13.0. The van der Waals surface area contributed by atoms with Crippen LogP contribution in [0.5, 0.6) is 5.75 Å². The Morgan fingerprint density at radius 3 is 2.59 bits per heavy atom. The number of carbonyl (C=O) groups excluding carboxylic acids is 1. The third-order valence-corrected chi connectivity index (χ3v) is 3.11. The van der Waals surface area contributed by atoms with E-state index in [1.165, 1.54) is 7.11 Å². The molecule has 0 bridgehead atoms. The fraction of sp³-hybridized carbons (Fsp3) is 0.438. The Morgan fingerprint density at radius 2 is 1.95 bits per heavy atom. The number of carbonyl (C=O) groups is 1. The fourth-order valence-corrected chi connectivity index (χ4v) is 2.15. The first-order valence-electron chi connectivity index (χ1n) is 7.25. The molecule has 1 aromatic carbocycles. The van der Waals surface area contributed by atoms with E-state index in [9.17, 15) is 4.79 Å². The number of aromatic amines is 1. The van der Waals surface area contributed by atoms with Gasteiger partial charge in [0.05, 0.1) is 7.11 Å². The summed E-state index contributed by atoms with van der Waals surface area (Å²) in [6, 6.07) is 7.28. The first kappa shape index (κ1) is 16.3. The van der Waals surface area contributed by atoms with Crippen molar-refractivity contribution in [2.24, 2.45) is 0 Å². The van der Waals surface area contributed by atoms with Crippen LogP contribution in [0.3, 0.4) is 0 Å². The van der Waals surface area contributed by atoms with E-state index in [2.05, 4.69) is 4.98 Å². The van der Waals surface area contributed by atoms with Gasteiger partial charge in [-0.2, -0.15) is 0 Å². The van der Waals surface area contributed by atoms with Gasteiger partial charge in [0.25, 0.3) is 0 Å². The summed E-state index contributed by atoms with van der Waals surface area (Å²) in [7, 11) is 1.35. The van der Waals surface area contributed by atoms with E-state index >= 15 is 0 Å².